The lowest BCUT2D eigenvalue weighted by Crippen LogP contribution is -2.41. The Morgan fingerprint density at radius 1 is 1.04 bits per heavy atom. The maximum Gasteiger partial charge on any atom is 0.261 e. The van der Waals surface area contributed by atoms with E-state index in [-0.39, 0.29) is 11.8 Å². The first kappa shape index (κ1) is 19.1. The molecule has 1 aromatic heterocycles. The number of nitrogens with one attached hydrogen (secondary N) is 2. The summed E-state index contributed by atoms with van der Waals surface area (Å²) in [7, 11) is 0. The second kappa shape index (κ2) is 8.86. The molecule has 6 nitrogen and oxygen atoms in total. The van der Waals surface area contributed by atoms with E-state index in [2.05, 4.69) is 15.5 Å². The topological polar surface area (TPSA) is 70.7 Å². The lowest BCUT2D eigenvalue weighted by Gasteiger charge is -2.26. The molecule has 1 aliphatic heterocycles. The van der Waals surface area contributed by atoms with E-state index in [9.17, 15) is 9.59 Å². The molecule has 2 amide bonds. The molecule has 2 heterocycles. The molecule has 0 unspecified atom stereocenters. The molecule has 1 saturated heterocycles. The zero-order valence-corrected chi connectivity index (χ0v) is 16.6. The van der Waals surface area contributed by atoms with Crippen LogP contribution in [-0.4, -0.2) is 62.1 Å². The van der Waals surface area contributed by atoms with Crippen LogP contribution in [0.1, 0.15) is 32.9 Å². The molecule has 1 saturated carbocycles. The van der Waals surface area contributed by atoms with Gasteiger partial charge in [0, 0.05) is 42.7 Å². The molecule has 28 heavy (non-hydrogen) atoms. The zero-order chi connectivity index (χ0) is 19.3. The van der Waals surface area contributed by atoms with Gasteiger partial charge in [0.25, 0.3) is 11.8 Å². The second-order valence-electron chi connectivity index (χ2n) is 7.20. The van der Waals surface area contributed by atoms with Gasteiger partial charge in [-0.1, -0.05) is 12.1 Å². The number of carbonyl (C=O) groups is 2. The van der Waals surface area contributed by atoms with Crippen LogP contribution in [0, 0.1) is 0 Å². The van der Waals surface area contributed by atoms with Crippen LogP contribution in [0.15, 0.2) is 36.4 Å². The minimum absolute atomic E-state index is 0.0134. The molecule has 2 N–H and O–H groups in total. The van der Waals surface area contributed by atoms with Crippen molar-refractivity contribution in [2.45, 2.75) is 18.9 Å². The normalized spacial score (nSPS) is 17.3. The van der Waals surface area contributed by atoms with Crippen LogP contribution in [0.5, 0.6) is 0 Å². The smallest absolute Gasteiger partial charge is 0.261 e. The van der Waals surface area contributed by atoms with Gasteiger partial charge in [-0.2, -0.15) is 0 Å². The summed E-state index contributed by atoms with van der Waals surface area (Å²) in [6, 6.07) is 11.7. The highest BCUT2D eigenvalue weighted by Crippen LogP contribution is 2.28. The summed E-state index contributed by atoms with van der Waals surface area (Å²) in [6.07, 6.45) is 2.16. The van der Waals surface area contributed by atoms with E-state index in [0.717, 1.165) is 56.1 Å². The number of hydrogen-bond acceptors (Lipinski definition) is 5. The number of amides is 2. The standard InChI is InChI=1S/C21H25N3O3S/c25-20(23-17-5-6-17)16-3-1-15(2-4-16)18-7-8-19(28-18)21(26)22-9-10-24-11-13-27-14-12-24/h1-4,7-8,17H,5-6,9-14H2,(H,22,26)(H,23,25). The van der Waals surface area contributed by atoms with Crippen molar-refractivity contribution in [3.8, 4) is 10.4 Å². The summed E-state index contributed by atoms with van der Waals surface area (Å²) in [5.41, 5.74) is 1.69. The van der Waals surface area contributed by atoms with Gasteiger partial charge < -0.3 is 15.4 Å². The van der Waals surface area contributed by atoms with E-state index in [1.807, 2.05) is 36.4 Å². The fourth-order valence-corrected chi connectivity index (χ4v) is 4.06. The highest BCUT2D eigenvalue weighted by Gasteiger charge is 2.23. The third-order valence-electron chi connectivity index (χ3n) is 4.99. The first-order valence-electron chi connectivity index (χ1n) is 9.78. The van der Waals surface area contributed by atoms with Crippen molar-refractivity contribution in [3.63, 3.8) is 0 Å². The highest BCUT2D eigenvalue weighted by molar-refractivity contribution is 7.17. The number of rotatable bonds is 7. The van der Waals surface area contributed by atoms with E-state index in [0.29, 0.717) is 23.0 Å². The predicted molar refractivity (Wildman–Crippen MR) is 110 cm³/mol. The van der Waals surface area contributed by atoms with Crippen LogP contribution in [0.25, 0.3) is 10.4 Å². The molecule has 1 aromatic carbocycles. The van der Waals surface area contributed by atoms with Gasteiger partial charge in [-0.05, 0) is 42.7 Å². The van der Waals surface area contributed by atoms with E-state index in [1.54, 1.807) is 0 Å². The van der Waals surface area contributed by atoms with E-state index in [4.69, 9.17) is 4.74 Å². The molecule has 1 aliphatic carbocycles. The number of ether oxygens (including phenoxy) is 1. The Morgan fingerprint density at radius 3 is 2.50 bits per heavy atom. The number of thiophene rings is 1. The molecule has 4 rings (SSSR count). The second-order valence-corrected chi connectivity index (χ2v) is 8.28. The summed E-state index contributed by atoms with van der Waals surface area (Å²) >= 11 is 1.47. The summed E-state index contributed by atoms with van der Waals surface area (Å²) in [6.45, 7) is 4.86. The SMILES string of the molecule is O=C(NC1CC1)c1ccc(-c2ccc(C(=O)NCCN3CCOCC3)s2)cc1. The number of nitrogens with zero attached hydrogens (tertiary/aromatic N) is 1. The maximum atomic E-state index is 12.4. The Morgan fingerprint density at radius 2 is 1.79 bits per heavy atom. The summed E-state index contributed by atoms with van der Waals surface area (Å²) < 4.78 is 5.33. The number of carbonyl (C=O) groups excluding carboxylic acids is 2. The van der Waals surface area contributed by atoms with Crippen LogP contribution in [0.3, 0.4) is 0 Å². The third kappa shape index (κ3) is 4.98. The van der Waals surface area contributed by atoms with Crippen molar-refractivity contribution >= 4 is 23.2 Å². The number of morpholine rings is 1. The van der Waals surface area contributed by atoms with Gasteiger partial charge in [0.2, 0.25) is 0 Å². The number of hydrogen-bond donors (Lipinski definition) is 2. The monoisotopic (exact) mass is 399 g/mol. The molecule has 148 valence electrons. The minimum Gasteiger partial charge on any atom is -0.379 e. The third-order valence-corrected chi connectivity index (χ3v) is 6.12. The molecule has 7 heteroatoms. The van der Waals surface area contributed by atoms with E-state index in [1.165, 1.54) is 11.3 Å². The van der Waals surface area contributed by atoms with Crippen molar-refractivity contribution in [3.05, 3.63) is 46.8 Å². The molecule has 0 spiro atoms. The van der Waals surface area contributed by atoms with Crippen LogP contribution in [0.2, 0.25) is 0 Å². The van der Waals surface area contributed by atoms with Gasteiger partial charge in [0.05, 0.1) is 18.1 Å². The van der Waals surface area contributed by atoms with Crippen LogP contribution in [-0.2, 0) is 4.74 Å². The van der Waals surface area contributed by atoms with Gasteiger partial charge in [-0.15, -0.1) is 11.3 Å². The van der Waals surface area contributed by atoms with Crippen molar-refractivity contribution in [2.24, 2.45) is 0 Å². The largest absolute Gasteiger partial charge is 0.379 e. The minimum atomic E-state index is -0.0371. The molecular weight excluding hydrogens is 374 g/mol. The quantitative estimate of drug-likeness (QED) is 0.750. The fourth-order valence-electron chi connectivity index (χ4n) is 3.14. The van der Waals surface area contributed by atoms with Gasteiger partial charge in [-0.25, -0.2) is 0 Å². The summed E-state index contributed by atoms with van der Waals surface area (Å²) in [5.74, 6) is -0.0505. The van der Waals surface area contributed by atoms with Gasteiger partial charge in [0.1, 0.15) is 0 Å². The number of benzene rings is 1. The molecule has 2 aliphatic rings. The van der Waals surface area contributed by atoms with Crippen LogP contribution in [0.4, 0.5) is 0 Å². The average molecular weight is 400 g/mol. The van der Waals surface area contributed by atoms with Crippen molar-refractivity contribution in [1.29, 1.82) is 0 Å². The first-order valence-corrected chi connectivity index (χ1v) is 10.6. The van der Waals surface area contributed by atoms with Gasteiger partial charge in [-0.3, -0.25) is 14.5 Å². The van der Waals surface area contributed by atoms with Crippen LogP contribution >= 0.6 is 11.3 Å². The van der Waals surface area contributed by atoms with E-state index < -0.39 is 0 Å². The Balaban J connectivity index is 1.30. The Bertz CT molecular complexity index is 824. The highest BCUT2D eigenvalue weighted by atomic mass is 32.1. The first-order chi connectivity index (χ1) is 13.7. The molecular formula is C21H25N3O3S. The molecule has 2 fully saturated rings. The fraction of sp³-hybridized carbons (Fsp3) is 0.429. The van der Waals surface area contributed by atoms with Crippen molar-refractivity contribution in [2.75, 3.05) is 39.4 Å². The molecule has 0 bridgehead atoms. The zero-order valence-electron chi connectivity index (χ0n) is 15.8. The Kier molecular flexibility index (Phi) is 6.04. The molecule has 0 atom stereocenters. The van der Waals surface area contributed by atoms with E-state index >= 15 is 0 Å². The molecule has 0 radical (unpaired) electrons. The summed E-state index contributed by atoms with van der Waals surface area (Å²) in [4.78, 5) is 28.5. The lowest BCUT2D eigenvalue weighted by molar-refractivity contribution is 0.0383. The van der Waals surface area contributed by atoms with Gasteiger partial charge in [0.15, 0.2) is 0 Å². The van der Waals surface area contributed by atoms with Crippen molar-refractivity contribution < 1.29 is 14.3 Å². The average Bonchev–Trinajstić information content (AvgIpc) is 3.40. The Hall–Kier alpha value is -2.22. The predicted octanol–water partition coefficient (Wildman–Crippen LogP) is 2.37. The van der Waals surface area contributed by atoms with Crippen LogP contribution < -0.4 is 10.6 Å². The molecule has 2 aromatic rings. The lowest BCUT2D eigenvalue weighted by atomic mass is 10.1. The van der Waals surface area contributed by atoms with Crippen molar-refractivity contribution in [1.82, 2.24) is 15.5 Å². The van der Waals surface area contributed by atoms with Gasteiger partial charge >= 0.3 is 0 Å². The summed E-state index contributed by atoms with van der Waals surface area (Å²) in [5, 5.41) is 5.99. The maximum absolute atomic E-state index is 12.4. The Labute approximate surface area is 168 Å².